The molecule has 21 heavy (non-hydrogen) atoms. The van der Waals surface area contributed by atoms with Crippen LogP contribution >= 0.6 is 23.4 Å². The number of H-pyrrole nitrogens is 1. The van der Waals surface area contributed by atoms with Crippen molar-refractivity contribution in [3.63, 3.8) is 0 Å². The number of amides is 1. The Bertz CT molecular complexity index is 639. The molecule has 6 heteroatoms. The minimum Gasteiger partial charge on any atom is -0.325 e. The van der Waals surface area contributed by atoms with E-state index in [9.17, 15) is 4.79 Å². The smallest absolute Gasteiger partial charge is 0.234 e. The molecule has 110 valence electrons. The van der Waals surface area contributed by atoms with E-state index >= 15 is 0 Å². The van der Waals surface area contributed by atoms with Crippen molar-refractivity contribution < 1.29 is 4.79 Å². The number of halogens is 1. The first kappa shape index (κ1) is 14.5. The maximum absolute atomic E-state index is 12.0. The van der Waals surface area contributed by atoms with Gasteiger partial charge in [-0.1, -0.05) is 23.4 Å². The van der Waals surface area contributed by atoms with Crippen molar-refractivity contribution in [1.82, 2.24) is 10.2 Å². The fourth-order valence-electron chi connectivity index (χ4n) is 2.43. The van der Waals surface area contributed by atoms with Crippen LogP contribution in [0.4, 0.5) is 5.69 Å². The average Bonchev–Trinajstić information content (AvgIpc) is 2.91. The normalized spacial score (nSPS) is 13.8. The van der Waals surface area contributed by atoms with Crippen LogP contribution in [-0.4, -0.2) is 21.9 Å². The molecule has 3 rings (SSSR count). The fourth-order valence-corrected chi connectivity index (χ4v) is 3.41. The van der Waals surface area contributed by atoms with Gasteiger partial charge < -0.3 is 5.32 Å². The number of hydrogen-bond donors (Lipinski definition) is 2. The van der Waals surface area contributed by atoms with Crippen LogP contribution in [0.15, 0.2) is 29.3 Å². The lowest BCUT2D eigenvalue weighted by Crippen LogP contribution is -2.14. The van der Waals surface area contributed by atoms with Gasteiger partial charge in [-0.3, -0.25) is 9.89 Å². The molecule has 1 aromatic heterocycles. The predicted octanol–water partition coefficient (Wildman–Crippen LogP) is 3.67. The van der Waals surface area contributed by atoms with Gasteiger partial charge in [-0.15, -0.1) is 0 Å². The summed E-state index contributed by atoms with van der Waals surface area (Å²) in [5.41, 5.74) is 3.29. The number of hydrogen-bond acceptors (Lipinski definition) is 3. The van der Waals surface area contributed by atoms with Gasteiger partial charge in [-0.05, 0) is 49.9 Å². The van der Waals surface area contributed by atoms with E-state index in [1.807, 2.05) is 0 Å². The summed E-state index contributed by atoms with van der Waals surface area (Å²) in [5.74, 6) is 0.329. The van der Waals surface area contributed by atoms with Gasteiger partial charge in [0.25, 0.3) is 0 Å². The summed E-state index contributed by atoms with van der Waals surface area (Å²) in [7, 11) is 0. The van der Waals surface area contributed by atoms with Crippen LogP contribution < -0.4 is 5.32 Å². The fraction of sp³-hybridized carbons (Fsp3) is 0.333. The van der Waals surface area contributed by atoms with Gasteiger partial charge in [-0.25, -0.2) is 0 Å². The topological polar surface area (TPSA) is 57.8 Å². The standard InChI is InChI=1S/C15H16ClN3OS/c16-10-5-7-11(8-6-10)17-14(20)9-21-15-12-3-1-2-4-13(12)18-19-15/h5-8H,1-4,9H2,(H,17,20)(H,18,19). The lowest BCUT2D eigenvalue weighted by atomic mass is 9.99. The third-order valence-corrected chi connectivity index (χ3v) is 4.76. The maximum Gasteiger partial charge on any atom is 0.234 e. The molecule has 0 aliphatic heterocycles. The molecule has 0 unspecified atom stereocenters. The number of fused-ring (bicyclic) bond motifs is 1. The van der Waals surface area contributed by atoms with E-state index in [-0.39, 0.29) is 5.91 Å². The second-order valence-corrected chi connectivity index (χ2v) is 6.44. The molecule has 1 amide bonds. The van der Waals surface area contributed by atoms with Crippen molar-refractivity contribution in [1.29, 1.82) is 0 Å². The highest BCUT2D eigenvalue weighted by atomic mass is 35.5. The van der Waals surface area contributed by atoms with E-state index in [0.717, 1.165) is 23.6 Å². The Labute approximate surface area is 132 Å². The largest absolute Gasteiger partial charge is 0.325 e. The number of carbonyl (C=O) groups excluding carboxylic acids is 1. The number of nitrogens with zero attached hydrogens (tertiary/aromatic N) is 1. The molecule has 1 aromatic carbocycles. The number of rotatable bonds is 4. The van der Waals surface area contributed by atoms with Crippen molar-refractivity contribution in [3.05, 3.63) is 40.5 Å². The third-order valence-electron chi connectivity index (χ3n) is 3.49. The summed E-state index contributed by atoms with van der Waals surface area (Å²) in [6.45, 7) is 0. The van der Waals surface area contributed by atoms with E-state index in [0.29, 0.717) is 10.8 Å². The lowest BCUT2D eigenvalue weighted by Gasteiger charge is -2.10. The maximum atomic E-state index is 12.0. The van der Waals surface area contributed by atoms with Crippen LogP contribution in [0.3, 0.4) is 0 Å². The van der Waals surface area contributed by atoms with E-state index in [2.05, 4.69) is 15.5 Å². The first-order valence-corrected chi connectivity index (χ1v) is 8.33. The van der Waals surface area contributed by atoms with E-state index in [1.165, 1.54) is 35.9 Å². The van der Waals surface area contributed by atoms with Crippen LogP contribution in [0, 0.1) is 0 Å². The van der Waals surface area contributed by atoms with Gasteiger partial charge in [-0.2, -0.15) is 5.10 Å². The molecular formula is C15H16ClN3OS. The minimum absolute atomic E-state index is 0.0325. The van der Waals surface area contributed by atoms with Gasteiger partial charge in [0.2, 0.25) is 5.91 Å². The molecule has 1 aliphatic rings. The highest BCUT2D eigenvalue weighted by Crippen LogP contribution is 2.28. The van der Waals surface area contributed by atoms with Crippen LogP contribution in [0.25, 0.3) is 0 Å². The van der Waals surface area contributed by atoms with E-state index in [1.54, 1.807) is 24.3 Å². The summed E-state index contributed by atoms with van der Waals surface area (Å²) < 4.78 is 0. The molecule has 0 saturated heterocycles. The van der Waals surface area contributed by atoms with Crippen molar-refractivity contribution in [2.24, 2.45) is 0 Å². The molecule has 1 heterocycles. The predicted molar refractivity (Wildman–Crippen MR) is 86.0 cm³/mol. The molecule has 1 aliphatic carbocycles. The van der Waals surface area contributed by atoms with Crippen molar-refractivity contribution in [2.45, 2.75) is 30.7 Å². The second kappa shape index (κ2) is 6.54. The summed E-state index contributed by atoms with van der Waals surface area (Å²) in [4.78, 5) is 12.0. The number of carbonyl (C=O) groups is 1. The van der Waals surface area contributed by atoms with Crippen LogP contribution in [0.5, 0.6) is 0 Å². The van der Waals surface area contributed by atoms with Crippen molar-refractivity contribution in [2.75, 3.05) is 11.1 Å². The molecule has 2 aromatic rings. The van der Waals surface area contributed by atoms with Crippen LogP contribution in [-0.2, 0) is 17.6 Å². The number of nitrogens with one attached hydrogen (secondary N) is 2. The number of anilines is 1. The zero-order valence-electron chi connectivity index (χ0n) is 11.5. The Kier molecular flexibility index (Phi) is 4.51. The molecule has 4 nitrogen and oxygen atoms in total. The quantitative estimate of drug-likeness (QED) is 0.845. The summed E-state index contributed by atoms with van der Waals surface area (Å²) in [5, 5.41) is 11.9. The van der Waals surface area contributed by atoms with Crippen molar-refractivity contribution >= 4 is 35.0 Å². The lowest BCUT2D eigenvalue weighted by molar-refractivity contribution is -0.113. The Morgan fingerprint density at radius 1 is 1.29 bits per heavy atom. The average molecular weight is 322 g/mol. The number of aryl methyl sites for hydroxylation is 1. The first-order chi connectivity index (χ1) is 10.2. The molecule has 2 N–H and O–H groups in total. The summed E-state index contributed by atoms with van der Waals surface area (Å²) in [6, 6.07) is 7.10. The molecule has 0 bridgehead atoms. The van der Waals surface area contributed by atoms with Gasteiger partial charge in [0.05, 0.1) is 5.75 Å². The van der Waals surface area contributed by atoms with Gasteiger partial charge in [0, 0.05) is 22.0 Å². The number of benzene rings is 1. The molecule has 0 fully saturated rings. The molecule has 0 radical (unpaired) electrons. The minimum atomic E-state index is -0.0325. The number of thioether (sulfide) groups is 1. The Balaban J connectivity index is 1.56. The van der Waals surface area contributed by atoms with Gasteiger partial charge >= 0.3 is 0 Å². The second-order valence-electron chi connectivity index (χ2n) is 5.04. The number of aromatic nitrogens is 2. The van der Waals surface area contributed by atoms with Crippen LogP contribution in [0.1, 0.15) is 24.1 Å². The Morgan fingerprint density at radius 3 is 2.86 bits per heavy atom. The van der Waals surface area contributed by atoms with Gasteiger partial charge in [0.1, 0.15) is 5.03 Å². The Hall–Kier alpha value is -1.46. The summed E-state index contributed by atoms with van der Waals surface area (Å²) in [6.07, 6.45) is 4.56. The Morgan fingerprint density at radius 2 is 2.05 bits per heavy atom. The first-order valence-electron chi connectivity index (χ1n) is 6.97. The SMILES string of the molecule is O=C(CSc1n[nH]c2c1CCCC2)Nc1ccc(Cl)cc1. The third kappa shape index (κ3) is 3.60. The summed E-state index contributed by atoms with van der Waals surface area (Å²) >= 11 is 7.31. The molecule has 0 atom stereocenters. The highest BCUT2D eigenvalue weighted by Gasteiger charge is 2.17. The van der Waals surface area contributed by atoms with E-state index in [4.69, 9.17) is 11.6 Å². The zero-order valence-corrected chi connectivity index (χ0v) is 13.1. The zero-order chi connectivity index (χ0) is 14.7. The highest BCUT2D eigenvalue weighted by molar-refractivity contribution is 8.00. The monoisotopic (exact) mass is 321 g/mol. The van der Waals surface area contributed by atoms with Crippen molar-refractivity contribution in [3.8, 4) is 0 Å². The molecule has 0 saturated carbocycles. The van der Waals surface area contributed by atoms with E-state index < -0.39 is 0 Å². The molecular weight excluding hydrogens is 306 g/mol. The van der Waals surface area contributed by atoms with Gasteiger partial charge in [0.15, 0.2) is 0 Å². The van der Waals surface area contributed by atoms with Crippen LogP contribution in [0.2, 0.25) is 5.02 Å². The molecule has 0 spiro atoms. The number of aromatic amines is 1.